The van der Waals surface area contributed by atoms with E-state index in [0.29, 0.717) is 23.7 Å². The fourth-order valence-electron chi connectivity index (χ4n) is 2.58. The lowest BCUT2D eigenvalue weighted by Crippen LogP contribution is -2.31. The second-order valence-electron chi connectivity index (χ2n) is 6.03. The topological polar surface area (TPSA) is 93.9 Å². The van der Waals surface area contributed by atoms with E-state index in [1.165, 1.54) is 18.2 Å². The normalized spacial score (nSPS) is 10.5. The number of carbonyl (C=O) groups excluding carboxylic acids is 1. The molecule has 0 unspecified atom stereocenters. The van der Waals surface area contributed by atoms with E-state index in [4.69, 9.17) is 9.47 Å². The van der Waals surface area contributed by atoms with E-state index in [0.717, 1.165) is 12.0 Å². The van der Waals surface area contributed by atoms with Crippen molar-refractivity contribution in [2.24, 2.45) is 0 Å². The third-order valence-corrected chi connectivity index (χ3v) is 3.98. The largest absolute Gasteiger partial charge is 0.493 e. The van der Waals surface area contributed by atoms with Crippen LogP contribution in [-0.2, 0) is 11.2 Å². The molecular formula is C19H23N3O5. The van der Waals surface area contributed by atoms with Crippen LogP contribution in [0.4, 0.5) is 11.4 Å². The molecule has 0 atom stereocenters. The van der Waals surface area contributed by atoms with E-state index in [1.807, 2.05) is 30.1 Å². The molecule has 0 aromatic heterocycles. The van der Waals surface area contributed by atoms with Crippen molar-refractivity contribution < 1.29 is 19.2 Å². The molecule has 8 heteroatoms. The van der Waals surface area contributed by atoms with Crippen LogP contribution in [0, 0.1) is 10.1 Å². The van der Waals surface area contributed by atoms with Crippen LogP contribution in [0.1, 0.15) is 5.56 Å². The molecule has 27 heavy (non-hydrogen) atoms. The molecule has 0 aliphatic rings. The van der Waals surface area contributed by atoms with Gasteiger partial charge in [-0.25, -0.2) is 0 Å². The zero-order valence-corrected chi connectivity index (χ0v) is 15.6. The minimum atomic E-state index is -0.495. The number of nitrogens with zero attached hydrogens (tertiary/aromatic N) is 2. The summed E-state index contributed by atoms with van der Waals surface area (Å²) in [6, 6.07) is 11.6. The Morgan fingerprint density at radius 1 is 1.15 bits per heavy atom. The SMILES string of the molecule is COc1ccc(CCN(C)CC(=O)Nc2cccc([N+](=O)[O-])c2)cc1OC. The lowest BCUT2D eigenvalue weighted by molar-refractivity contribution is -0.384. The molecule has 0 saturated carbocycles. The summed E-state index contributed by atoms with van der Waals surface area (Å²) in [4.78, 5) is 24.3. The number of hydrogen-bond donors (Lipinski definition) is 1. The fraction of sp³-hybridized carbons (Fsp3) is 0.316. The first kappa shape index (κ1) is 20.2. The monoisotopic (exact) mass is 373 g/mol. The van der Waals surface area contributed by atoms with Gasteiger partial charge < -0.3 is 14.8 Å². The van der Waals surface area contributed by atoms with Crippen molar-refractivity contribution >= 4 is 17.3 Å². The van der Waals surface area contributed by atoms with Crippen LogP contribution in [0.2, 0.25) is 0 Å². The lowest BCUT2D eigenvalue weighted by Gasteiger charge is -2.17. The number of anilines is 1. The standard InChI is InChI=1S/C19H23N3O5/c1-21(10-9-14-7-8-17(26-2)18(11-14)27-3)13-19(23)20-15-5-4-6-16(12-15)22(24)25/h4-8,11-12H,9-10,13H2,1-3H3,(H,20,23). The van der Waals surface area contributed by atoms with Crippen molar-refractivity contribution in [3.63, 3.8) is 0 Å². The summed E-state index contributed by atoms with van der Waals surface area (Å²) in [6.45, 7) is 0.841. The summed E-state index contributed by atoms with van der Waals surface area (Å²) in [6.07, 6.45) is 0.737. The summed E-state index contributed by atoms with van der Waals surface area (Å²) < 4.78 is 10.5. The Labute approximate surface area is 157 Å². The van der Waals surface area contributed by atoms with E-state index >= 15 is 0 Å². The zero-order chi connectivity index (χ0) is 19.8. The molecule has 0 aliphatic heterocycles. The second-order valence-corrected chi connectivity index (χ2v) is 6.03. The van der Waals surface area contributed by atoms with Gasteiger partial charge in [0, 0.05) is 24.4 Å². The summed E-state index contributed by atoms with van der Waals surface area (Å²) in [5.41, 5.74) is 1.41. The van der Waals surface area contributed by atoms with Crippen molar-refractivity contribution in [1.82, 2.24) is 4.90 Å². The van der Waals surface area contributed by atoms with E-state index < -0.39 is 4.92 Å². The molecule has 0 bridgehead atoms. The zero-order valence-electron chi connectivity index (χ0n) is 15.6. The minimum absolute atomic E-state index is 0.0605. The van der Waals surface area contributed by atoms with Crippen LogP contribution in [0.25, 0.3) is 0 Å². The number of methoxy groups -OCH3 is 2. The molecule has 8 nitrogen and oxygen atoms in total. The average molecular weight is 373 g/mol. The number of carbonyl (C=O) groups is 1. The molecule has 2 aromatic rings. The number of non-ortho nitro benzene ring substituents is 1. The Balaban J connectivity index is 1.86. The van der Waals surface area contributed by atoms with E-state index in [1.54, 1.807) is 20.3 Å². The van der Waals surface area contributed by atoms with Crippen molar-refractivity contribution in [3.05, 3.63) is 58.1 Å². The van der Waals surface area contributed by atoms with Gasteiger partial charge >= 0.3 is 0 Å². The molecule has 1 N–H and O–H groups in total. The van der Waals surface area contributed by atoms with Crippen molar-refractivity contribution in [3.8, 4) is 11.5 Å². The Hall–Kier alpha value is -3.13. The molecule has 0 fully saturated rings. The van der Waals surface area contributed by atoms with Gasteiger partial charge in [-0.1, -0.05) is 12.1 Å². The maximum absolute atomic E-state index is 12.1. The van der Waals surface area contributed by atoms with Crippen molar-refractivity contribution in [2.75, 3.05) is 39.7 Å². The lowest BCUT2D eigenvalue weighted by atomic mass is 10.1. The highest BCUT2D eigenvalue weighted by atomic mass is 16.6. The van der Waals surface area contributed by atoms with Gasteiger partial charge in [-0.2, -0.15) is 0 Å². The second kappa shape index (κ2) is 9.54. The number of amides is 1. The fourth-order valence-corrected chi connectivity index (χ4v) is 2.58. The van der Waals surface area contributed by atoms with Crippen molar-refractivity contribution in [1.29, 1.82) is 0 Å². The molecule has 0 radical (unpaired) electrons. The number of hydrogen-bond acceptors (Lipinski definition) is 6. The number of benzene rings is 2. The summed E-state index contributed by atoms with van der Waals surface area (Å²) in [5, 5.41) is 13.5. The van der Waals surface area contributed by atoms with E-state index in [-0.39, 0.29) is 18.1 Å². The predicted molar refractivity (Wildman–Crippen MR) is 102 cm³/mol. The van der Waals surface area contributed by atoms with Crippen LogP contribution in [-0.4, -0.2) is 50.1 Å². The van der Waals surface area contributed by atoms with Crippen LogP contribution in [0.15, 0.2) is 42.5 Å². The van der Waals surface area contributed by atoms with Crippen LogP contribution >= 0.6 is 0 Å². The Morgan fingerprint density at radius 2 is 1.89 bits per heavy atom. The molecule has 1 amide bonds. The first-order chi connectivity index (χ1) is 12.9. The van der Waals surface area contributed by atoms with Gasteiger partial charge in [0.25, 0.3) is 5.69 Å². The highest BCUT2D eigenvalue weighted by Gasteiger charge is 2.11. The third-order valence-electron chi connectivity index (χ3n) is 3.98. The number of nitro benzene ring substituents is 1. The quantitative estimate of drug-likeness (QED) is 0.536. The van der Waals surface area contributed by atoms with Crippen LogP contribution < -0.4 is 14.8 Å². The van der Waals surface area contributed by atoms with Gasteiger partial charge in [0.15, 0.2) is 11.5 Å². The number of likely N-dealkylation sites (N-methyl/N-ethyl adjacent to an activating group) is 1. The summed E-state index contributed by atoms with van der Waals surface area (Å²) in [7, 11) is 5.02. The smallest absolute Gasteiger partial charge is 0.271 e. The van der Waals surface area contributed by atoms with Crippen LogP contribution in [0.3, 0.4) is 0 Å². The van der Waals surface area contributed by atoms with E-state index in [2.05, 4.69) is 5.32 Å². The molecule has 0 aliphatic carbocycles. The molecule has 0 saturated heterocycles. The van der Waals surface area contributed by atoms with Gasteiger partial charge in [-0.05, 0) is 37.2 Å². The highest BCUT2D eigenvalue weighted by molar-refractivity contribution is 5.92. The van der Waals surface area contributed by atoms with Gasteiger partial charge in [-0.15, -0.1) is 0 Å². The average Bonchev–Trinajstić information content (AvgIpc) is 2.66. The third kappa shape index (κ3) is 5.96. The maximum Gasteiger partial charge on any atom is 0.271 e. The van der Waals surface area contributed by atoms with E-state index in [9.17, 15) is 14.9 Å². The van der Waals surface area contributed by atoms with Crippen LogP contribution in [0.5, 0.6) is 11.5 Å². The Kier molecular flexibility index (Phi) is 7.13. The van der Waals surface area contributed by atoms with Gasteiger partial charge in [0.2, 0.25) is 5.91 Å². The first-order valence-electron chi connectivity index (χ1n) is 8.36. The predicted octanol–water partition coefficient (Wildman–Crippen LogP) is 2.73. The minimum Gasteiger partial charge on any atom is -0.493 e. The highest BCUT2D eigenvalue weighted by Crippen LogP contribution is 2.27. The number of nitro groups is 1. The molecule has 144 valence electrons. The number of nitrogens with one attached hydrogen (secondary N) is 1. The molecule has 2 rings (SSSR count). The summed E-state index contributed by atoms with van der Waals surface area (Å²) in [5.74, 6) is 1.11. The number of ether oxygens (including phenoxy) is 2. The van der Waals surface area contributed by atoms with Gasteiger partial charge in [-0.3, -0.25) is 19.8 Å². The molecule has 0 spiro atoms. The molecular weight excluding hydrogens is 350 g/mol. The Bertz CT molecular complexity index is 810. The van der Waals surface area contributed by atoms with Crippen molar-refractivity contribution in [2.45, 2.75) is 6.42 Å². The van der Waals surface area contributed by atoms with Gasteiger partial charge in [0.1, 0.15) is 0 Å². The summed E-state index contributed by atoms with van der Waals surface area (Å²) >= 11 is 0. The van der Waals surface area contributed by atoms with Gasteiger partial charge in [0.05, 0.1) is 25.7 Å². The molecule has 0 heterocycles. The number of rotatable bonds is 9. The Morgan fingerprint density at radius 3 is 2.56 bits per heavy atom. The maximum atomic E-state index is 12.1. The first-order valence-corrected chi connectivity index (χ1v) is 8.36. The molecule has 2 aromatic carbocycles.